The number of aliphatic hydroxyl groups is 1. The van der Waals surface area contributed by atoms with E-state index in [0.29, 0.717) is 5.75 Å². The lowest BCUT2D eigenvalue weighted by molar-refractivity contribution is -0.288. The van der Waals surface area contributed by atoms with Crippen molar-refractivity contribution in [1.29, 1.82) is 0 Å². The van der Waals surface area contributed by atoms with Gasteiger partial charge in [0.2, 0.25) is 6.29 Å². The van der Waals surface area contributed by atoms with E-state index in [1.54, 1.807) is 0 Å². The lowest BCUT2D eigenvalue weighted by atomic mass is 9.99. The molecule has 0 saturated carbocycles. The Morgan fingerprint density at radius 2 is 1.68 bits per heavy atom. The first-order valence-electron chi connectivity index (χ1n) is 10.3. The second-order valence-corrected chi connectivity index (χ2v) is 7.66. The third-order valence-electron chi connectivity index (χ3n) is 5.31. The van der Waals surface area contributed by atoms with Gasteiger partial charge in [0.25, 0.3) is 0 Å². The molecule has 0 amide bonds. The molecule has 1 saturated heterocycles. The monoisotopic (exact) mass is 422 g/mol. The predicted octanol–water partition coefficient (Wildman–Crippen LogP) is 3.84. The van der Waals surface area contributed by atoms with Gasteiger partial charge in [-0.05, 0) is 35.4 Å². The Kier molecular flexibility index (Phi) is 6.51. The Hall–Kier alpha value is -2.93. The zero-order valence-electron chi connectivity index (χ0n) is 17.5. The van der Waals surface area contributed by atoms with Crippen LogP contribution in [0.3, 0.4) is 0 Å². The number of carbonyl (C=O) groups is 1. The standard InChI is InChI=1S/C25H26O6/c1-16-23(31-21-13-12-19-10-6-7-11-20(19)14-21)24(22(27)25(29-16)30-17(2)26)28-15-18-8-4-3-5-9-18/h3-14,16,22-25,27H,15H2,1-2H3/t16-,22+,23-,24-,25-/m1/s1. The van der Waals surface area contributed by atoms with Crippen molar-refractivity contribution in [3.8, 4) is 5.75 Å². The summed E-state index contributed by atoms with van der Waals surface area (Å²) in [6.07, 6.45) is -4.18. The summed E-state index contributed by atoms with van der Waals surface area (Å²) >= 11 is 0. The third kappa shape index (κ3) is 5.05. The van der Waals surface area contributed by atoms with Crippen molar-refractivity contribution >= 4 is 16.7 Å². The average Bonchev–Trinajstić information content (AvgIpc) is 2.77. The maximum Gasteiger partial charge on any atom is 0.305 e. The van der Waals surface area contributed by atoms with Crippen LogP contribution in [-0.4, -0.2) is 41.8 Å². The number of ether oxygens (including phenoxy) is 4. The van der Waals surface area contributed by atoms with Gasteiger partial charge in [-0.1, -0.05) is 60.7 Å². The molecule has 0 radical (unpaired) electrons. The van der Waals surface area contributed by atoms with Crippen LogP contribution in [0.2, 0.25) is 0 Å². The number of hydrogen-bond acceptors (Lipinski definition) is 6. The molecule has 1 aliphatic heterocycles. The molecule has 0 aliphatic carbocycles. The van der Waals surface area contributed by atoms with Crippen LogP contribution in [0.4, 0.5) is 0 Å². The van der Waals surface area contributed by atoms with Crippen LogP contribution in [0.15, 0.2) is 72.8 Å². The molecule has 0 aromatic heterocycles. The van der Waals surface area contributed by atoms with Crippen LogP contribution in [0.1, 0.15) is 19.4 Å². The van der Waals surface area contributed by atoms with E-state index in [0.717, 1.165) is 16.3 Å². The van der Waals surface area contributed by atoms with E-state index < -0.39 is 36.7 Å². The Bertz CT molecular complexity index is 1020. The fourth-order valence-corrected chi connectivity index (χ4v) is 3.77. The molecule has 6 nitrogen and oxygen atoms in total. The van der Waals surface area contributed by atoms with Crippen LogP contribution in [0, 0.1) is 0 Å². The minimum absolute atomic E-state index is 0.277. The molecule has 6 heteroatoms. The number of carbonyl (C=O) groups excluding carboxylic acids is 1. The summed E-state index contributed by atoms with van der Waals surface area (Å²) in [6, 6.07) is 23.5. The van der Waals surface area contributed by atoms with Gasteiger partial charge < -0.3 is 24.1 Å². The SMILES string of the molecule is CC(=O)O[C@H]1O[C@H](C)[C@@H](Oc2ccc3ccccc3c2)[C@H](OCc2ccccc2)[C@@H]1O. The fourth-order valence-electron chi connectivity index (χ4n) is 3.77. The number of esters is 1. The molecule has 4 rings (SSSR count). The number of rotatable bonds is 6. The Balaban J connectivity index is 1.57. The number of benzene rings is 3. The van der Waals surface area contributed by atoms with Crippen molar-refractivity contribution < 1.29 is 28.8 Å². The summed E-state index contributed by atoms with van der Waals surface area (Å²) in [5.74, 6) is 0.109. The van der Waals surface area contributed by atoms with E-state index in [1.165, 1.54) is 6.92 Å². The van der Waals surface area contributed by atoms with Crippen molar-refractivity contribution in [2.75, 3.05) is 0 Å². The lowest BCUT2D eigenvalue weighted by Gasteiger charge is -2.42. The summed E-state index contributed by atoms with van der Waals surface area (Å²) in [4.78, 5) is 11.5. The van der Waals surface area contributed by atoms with Crippen LogP contribution >= 0.6 is 0 Å². The van der Waals surface area contributed by atoms with Crippen LogP contribution in [0.5, 0.6) is 5.75 Å². The first-order chi connectivity index (χ1) is 15.0. The molecule has 1 aliphatic rings. The highest BCUT2D eigenvalue weighted by atomic mass is 16.7. The van der Waals surface area contributed by atoms with Gasteiger partial charge in [-0.3, -0.25) is 4.79 Å². The van der Waals surface area contributed by atoms with Gasteiger partial charge in [0.15, 0.2) is 6.10 Å². The van der Waals surface area contributed by atoms with Gasteiger partial charge in [0.05, 0.1) is 12.7 Å². The van der Waals surface area contributed by atoms with Crippen LogP contribution < -0.4 is 4.74 Å². The van der Waals surface area contributed by atoms with E-state index in [4.69, 9.17) is 18.9 Å². The van der Waals surface area contributed by atoms with Gasteiger partial charge >= 0.3 is 5.97 Å². The number of fused-ring (bicyclic) bond motifs is 1. The van der Waals surface area contributed by atoms with Crippen molar-refractivity contribution in [1.82, 2.24) is 0 Å². The summed E-state index contributed by atoms with van der Waals surface area (Å²) in [5, 5.41) is 13.0. The predicted molar refractivity (Wildman–Crippen MR) is 115 cm³/mol. The summed E-state index contributed by atoms with van der Waals surface area (Å²) in [6.45, 7) is 3.37. The first-order valence-corrected chi connectivity index (χ1v) is 10.3. The van der Waals surface area contributed by atoms with Gasteiger partial charge in [-0.2, -0.15) is 0 Å². The quantitative estimate of drug-likeness (QED) is 0.609. The highest BCUT2D eigenvalue weighted by molar-refractivity contribution is 5.83. The van der Waals surface area contributed by atoms with E-state index in [-0.39, 0.29) is 6.61 Å². The summed E-state index contributed by atoms with van der Waals surface area (Å²) < 4.78 is 23.3. The number of hydrogen-bond donors (Lipinski definition) is 1. The highest BCUT2D eigenvalue weighted by Gasteiger charge is 2.47. The molecule has 162 valence electrons. The van der Waals surface area contributed by atoms with E-state index in [1.807, 2.05) is 79.7 Å². The van der Waals surface area contributed by atoms with E-state index in [9.17, 15) is 9.90 Å². The Labute approximate surface area is 181 Å². The first kappa shape index (κ1) is 21.3. The molecule has 0 spiro atoms. The number of aliphatic hydroxyl groups excluding tert-OH is 1. The normalized spacial score (nSPS) is 25.8. The second-order valence-electron chi connectivity index (χ2n) is 7.66. The largest absolute Gasteiger partial charge is 0.485 e. The Morgan fingerprint density at radius 1 is 0.968 bits per heavy atom. The zero-order chi connectivity index (χ0) is 21.8. The molecule has 3 aromatic carbocycles. The summed E-state index contributed by atoms with van der Waals surface area (Å²) in [7, 11) is 0. The Morgan fingerprint density at radius 3 is 2.42 bits per heavy atom. The van der Waals surface area contributed by atoms with Crippen LogP contribution in [0.25, 0.3) is 10.8 Å². The topological polar surface area (TPSA) is 74.2 Å². The van der Waals surface area contributed by atoms with E-state index >= 15 is 0 Å². The minimum atomic E-state index is -1.20. The molecule has 1 heterocycles. The maximum absolute atomic E-state index is 11.5. The zero-order valence-corrected chi connectivity index (χ0v) is 17.5. The van der Waals surface area contributed by atoms with Gasteiger partial charge in [-0.25, -0.2) is 0 Å². The van der Waals surface area contributed by atoms with Gasteiger partial charge in [0.1, 0.15) is 18.0 Å². The second kappa shape index (κ2) is 9.47. The molecule has 5 atom stereocenters. The van der Waals surface area contributed by atoms with Crippen LogP contribution in [-0.2, 0) is 25.6 Å². The van der Waals surface area contributed by atoms with Gasteiger partial charge in [0, 0.05) is 6.92 Å². The molecular weight excluding hydrogens is 396 g/mol. The molecule has 0 bridgehead atoms. The van der Waals surface area contributed by atoms with Crippen molar-refractivity contribution in [3.05, 3.63) is 78.4 Å². The highest BCUT2D eigenvalue weighted by Crippen LogP contribution is 2.30. The molecule has 1 N–H and O–H groups in total. The van der Waals surface area contributed by atoms with Crippen molar-refractivity contribution in [2.24, 2.45) is 0 Å². The van der Waals surface area contributed by atoms with Gasteiger partial charge in [-0.15, -0.1) is 0 Å². The molecular formula is C25H26O6. The maximum atomic E-state index is 11.5. The molecule has 1 fully saturated rings. The van der Waals surface area contributed by atoms with Crippen molar-refractivity contribution in [2.45, 2.75) is 51.2 Å². The molecule has 0 unspecified atom stereocenters. The minimum Gasteiger partial charge on any atom is -0.485 e. The fraction of sp³-hybridized carbons (Fsp3) is 0.320. The molecule has 31 heavy (non-hydrogen) atoms. The molecule has 3 aromatic rings. The average molecular weight is 422 g/mol. The van der Waals surface area contributed by atoms with Crippen molar-refractivity contribution in [3.63, 3.8) is 0 Å². The lowest BCUT2D eigenvalue weighted by Crippen LogP contribution is -2.60. The summed E-state index contributed by atoms with van der Waals surface area (Å²) in [5.41, 5.74) is 0.960. The third-order valence-corrected chi connectivity index (χ3v) is 5.31. The van der Waals surface area contributed by atoms with E-state index in [2.05, 4.69) is 0 Å². The smallest absolute Gasteiger partial charge is 0.305 e.